The predicted octanol–water partition coefficient (Wildman–Crippen LogP) is 4.06. The van der Waals surface area contributed by atoms with Crippen molar-refractivity contribution in [1.29, 1.82) is 0 Å². The Hall–Kier alpha value is -0.840. The van der Waals surface area contributed by atoms with Crippen molar-refractivity contribution in [3.63, 3.8) is 0 Å². The summed E-state index contributed by atoms with van der Waals surface area (Å²) in [7, 11) is 0. The SMILES string of the molecule is O=C(c1ccc(Br)c(C(F)(F)F)c1)C1CC1. The van der Waals surface area contributed by atoms with Crippen LogP contribution < -0.4 is 0 Å². The van der Waals surface area contributed by atoms with Crippen LogP contribution in [0.5, 0.6) is 0 Å². The molecule has 1 nitrogen and oxygen atoms in total. The second-order valence-corrected chi connectivity index (χ2v) is 4.69. The van der Waals surface area contributed by atoms with Crippen molar-refractivity contribution in [3.05, 3.63) is 33.8 Å². The molecule has 0 atom stereocenters. The summed E-state index contributed by atoms with van der Waals surface area (Å²) in [5.41, 5.74) is -0.642. The first-order valence-corrected chi connectivity index (χ1v) is 5.60. The highest BCUT2D eigenvalue weighted by molar-refractivity contribution is 9.10. The number of rotatable bonds is 2. The van der Waals surface area contributed by atoms with Crippen molar-refractivity contribution in [1.82, 2.24) is 0 Å². The van der Waals surface area contributed by atoms with Gasteiger partial charge in [0.05, 0.1) is 5.56 Å². The minimum atomic E-state index is -4.43. The number of benzene rings is 1. The Morgan fingerprint density at radius 1 is 1.31 bits per heavy atom. The first kappa shape index (κ1) is 11.6. The number of hydrogen-bond donors (Lipinski definition) is 0. The molecule has 0 amide bonds. The molecule has 1 saturated carbocycles. The zero-order valence-electron chi connectivity index (χ0n) is 8.14. The molecule has 16 heavy (non-hydrogen) atoms. The van der Waals surface area contributed by atoms with Gasteiger partial charge in [0.1, 0.15) is 0 Å². The third-order valence-corrected chi connectivity index (χ3v) is 3.20. The van der Waals surface area contributed by atoms with E-state index < -0.39 is 11.7 Å². The molecule has 0 radical (unpaired) electrons. The zero-order valence-corrected chi connectivity index (χ0v) is 9.73. The van der Waals surface area contributed by atoms with Gasteiger partial charge in [-0.1, -0.05) is 22.0 Å². The van der Waals surface area contributed by atoms with Crippen molar-refractivity contribution in [2.45, 2.75) is 19.0 Å². The molecule has 0 unspecified atom stereocenters. The molecular formula is C11H8BrF3O. The number of carbonyl (C=O) groups is 1. The second kappa shape index (κ2) is 3.87. The first-order chi connectivity index (χ1) is 7.39. The molecule has 0 N–H and O–H groups in total. The van der Waals surface area contributed by atoms with E-state index in [1.54, 1.807) is 0 Å². The Balaban J connectivity index is 2.38. The van der Waals surface area contributed by atoms with E-state index in [0.29, 0.717) is 0 Å². The lowest BCUT2D eigenvalue weighted by Crippen LogP contribution is -2.09. The van der Waals surface area contributed by atoms with Crippen molar-refractivity contribution in [3.8, 4) is 0 Å². The van der Waals surface area contributed by atoms with E-state index in [1.165, 1.54) is 12.1 Å². The fraction of sp³-hybridized carbons (Fsp3) is 0.364. The summed E-state index contributed by atoms with van der Waals surface area (Å²) in [5.74, 6) is -0.250. The predicted molar refractivity (Wildman–Crippen MR) is 56.2 cm³/mol. The summed E-state index contributed by atoms with van der Waals surface area (Å²) >= 11 is 2.84. The Labute approximate surface area is 98.8 Å². The third-order valence-electron chi connectivity index (χ3n) is 2.50. The molecule has 0 aliphatic heterocycles. The van der Waals surface area contributed by atoms with Crippen LogP contribution in [0.25, 0.3) is 0 Å². The highest BCUT2D eigenvalue weighted by Crippen LogP contribution is 2.37. The molecule has 0 heterocycles. The van der Waals surface area contributed by atoms with Crippen LogP contribution in [0.2, 0.25) is 0 Å². The van der Waals surface area contributed by atoms with Crippen LogP contribution in [0.3, 0.4) is 0 Å². The highest BCUT2D eigenvalue weighted by atomic mass is 79.9. The molecule has 2 rings (SSSR count). The molecular weight excluding hydrogens is 285 g/mol. The van der Waals surface area contributed by atoms with Gasteiger partial charge in [0, 0.05) is 16.0 Å². The summed E-state index contributed by atoms with van der Waals surface area (Å²) in [6.45, 7) is 0. The van der Waals surface area contributed by atoms with Gasteiger partial charge in [-0.15, -0.1) is 0 Å². The van der Waals surface area contributed by atoms with Crippen molar-refractivity contribution in [2.75, 3.05) is 0 Å². The van der Waals surface area contributed by atoms with Crippen LogP contribution in [-0.4, -0.2) is 5.78 Å². The average Bonchev–Trinajstić information content (AvgIpc) is 2.98. The maximum atomic E-state index is 12.6. The van der Waals surface area contributed by atoms with E-state index in [1.807, 2.05) is 0 Å². The monoisotopic (exact) mass is 292 g/mol. The van der Waals surface area contributed by atoms with Crippen LogP contribution in [0.15, 0.2) is 22.7 Å². The second-order valence-electron chi connectivity index (χ2n) is 3.83. The van der Waals surface area contributed by atoms with Gasteiger partial charge < -0.3 is 0 Å². The number of halogens is 4. The van der Waals surface area contributed by atoms with Gasteiger partial charge in [0.2, 0.25) is 0 Å². The summed E-state index contributed by atoms with van der Waals surface area (Å²) in [6.07, 6.45) is -2.86. The van der Waals surface area contributed by atoms with Gasteiger partial charge in [0.15, 0.2) is 5.78 Å². The van der Waals surface area contributed by atoms with E-state index in [-0.39, 0.29) is 21.7 Å². The highest BCUT2D eigenvalue weighted by Gasteiger charge is 2.35. The van der Waals surface area contributed by atoms with E-state index in [2.05, 4.69) is 15.9 Å². The van der Waals surface area contributed by atoms with E-state index >= 15 is 0 Å². The van der Waals surface area contributed by atoms with Crippen molar-refractivity contribution in [2.24, 2.45) is 5.92 Å². The Kier molecular flexibility index (Phi) is 2.82. The largest absolute Gasteiger partial charge is 0.417 e. The summed E-state index contributed by atoms with van der Waals surface area (Å²) in [6, 6.07) is 3.63. The molecule has 0 saturated heterocycles. The Morgan fingerprint density at radius 3 is 2.44 bits per heavy atom. The van der Waals surface area contributed by atoms with Gasteiger partial charge in [-0.3, -0.25) is 4.79 Å². The molecule has 1 aromatic carbocycles. The maximum absolute atomic E-state index is 12.6. The molecule has 0 bridgehead atoms. The number of hydrogen-bond acceptors (Lipinski definition) is 1. The van der Waals surface area contributed by atoms with E-state index in [0.717, 1.165) is 18.9 Å². The number of carbonyl (C=O) groups excluding carboxylic acids is 1. The lowest BCUT2D eigenvalue weighted by molar-refractivity contribution is -0.138. The summed E-state index contributed by atoms with van der Waals surface area (Å²) in [4.78, 5) is 11.6. The maximum Gasteiger partial charge on any atom is 0.417 e. The summed E-state index contributed by atoms with van der Waals surface area (Å²) in [5, 5.41) is 0. The van der Waals surface area contributed by atoms with Crippen LogP contribution in [-0.2, 0) is 6.18 Å². The van der Waals surface area contributed by atoms with Gasteiger partial charge in [0.25, 0.3) is 0 Å². The van der Waals surface area contributed by atoms with Gasteiger partial charge in [-0.25, -0.2) is 0 Å². The number of ketones is 1. The lowest BCUT2D eigenvalue weighted by atomic mass is 10.0. The van der Waals surface area contributed by atoms with Gasteiger partial charge in [-0.05, 0) is 25.0 Å². The molecule has 1 aromatic rings. The quantitative estimate of drug-likeness (QED) is 0.751. The van der Waals surface area contributed by atoms with Crippen LogP contribution in [0.1, 0.15) is 28.8 Å². The molecule has 86 valence electrons. The molecule has 0 spiro atoms. The van der Waals surface area contributed by atoms with Gasteiger partial charge >= 0.3 is 6.18 Å². The van der Waals surface area contributed by atoms with Crippen molar-refractivity contribution >= 4 is 21.7 Å². The molecule has 1 fully saturated rings. The first-order valence-electron chi connectivity index (χ1n) is 4.80. The van der Waals surface area contributed by atoms with Gasteiger partial charge in [-0.2, -0.15) is 13.2 Å². The molecule has 0 aromatic heterocycles. The fourth-order valence-corrected chi connectivity index (χ4v) is 1.95. The van der Waals surface area contributed by atoms with Crippen LogP contribution in [0, 0.1) is 5.92 Å². The third kappa shape index (κ3) is 2.29. The fourth-order valence-electron chi connectivity index (χ4n) is 1.48. The minimum Gasteiger partial charge on any atom is -0.294 e. The standard InChI is InChI=1S/C11H8BrF3O/c12-9-4-3-7(10(16)6-1-2-6)5-8(9)11(13,14)15/h3-6H,1-2H2. The topological polar surface area (TPSA) is 17.1 Å². The van der Waals surface area contributed by atoms with Crippen LogP contribution >= 0.6 is 15.9 Å². The minimum absolute atomic E-state index is 0.0349. The zero-order chi connectivity index (χ0) is 11.9. The van der Waals surface area contributed by atoms with E-state index in [9.17, 15) is 18.0 Å². The Morgan fingerprint density at radius 2 is 1.94 bits per heavy atom. The molecule has 5 heteroatoms. The van der Waals surface area contributed by atoms with Crippen LogP contribution in [0.4, 0.5) is 13.2 Å². The Bertz CT molecular complexity index is 435. The number of Topliss-reactive ketones (excluding diaryl/α,β-unsaturated/α-hetero) is 1. The average molecular weight is 293 g/mol. The normalized spacial score (nSPS) is 16.2. The van der Waals surface area contributed by atoms with Crippen molar-refractivity contribution < 1.29 is 18.0 Å². The molecule has 1 aliphatic rings. The molecule has 1 aliphatic carbocycles. The lowest BCUT2D eigenvalue weighted by Gasteiger charge is -2.10. The smallest absolute Gasteiger partial charge is 0.294 e. The summed E-state index contributed by atoms with van der Waals surface area (Å²) < 4.78 is 37.7. The van der Waals surface area contributed by atoms with E-state index in [4.69, 9.17) is 0 Å². The number of alkyl halides is 3.